The summed E-state index contributed by atoms with van der Waals surface area (Å²) >= 11 is 0. The Hall–Kier alpha value is -0.120. The summed E-state index contributed by atoms with van der Waals surface area (Å²) in [4.78, 5) is 0. The first-order chi connectivity index (χ1) is 5.41. The first kappa shape index (κ1) is 13.5. The SMILES string of the molecule is CC.CNCCCOCCO. The van der Waals surface area contributed by atoms with Crippen LogP contribution in [-0.4, -0.2) is 38.5 Å². The van der Waals surface area contributed by atoms with Gasteiger partial charge in [0.1, 0.15) is 0 Å². The highest BCUT2D eigenvalue weighted by molar-refractivity contribution is 4.38. The molecule has 0 saturated carbocycles. The highest BCUT2D eigenvalue weighted by Gasteiger charge is 1.84. The van der Waals surface area contributed by atoms with E-state index in [4.69, 9.17) is 9.84 Å². The normalized spacial score (nSPS) is 8.73. The molecule has 3 heteroatoms. The van der Waals surface area contributed by atoms with Gasteiger partial charge >= 0.3 is 0 Å². The van der Waals surface area contributed by atoms with E-state index in [0.29, 0.717) is 6.61 Å². The van der Waals surface area contributed by atoms with Crippen molar-refractivity contribution in [2.24, 2.45) is 0 Å². The second-order valence-electron chi connectivity index (χ2n) is 1.79. The molecule has 0 aliphatic rings. The van der Waals surface area contributed by atoms with Crippen LogP contribution in [0.15, 0.2) is 0 Å². The molecule has 0 aromatic carbocycles. The van der Waals surface area contributed by atoms with Crippen LogP contribution in [0.5, 0.6) is 0 Å². The van der Waals surface area contributed by atoms with Crippen molar-refractivity contribution < 1.29 is 9.84 Å². The van der Waals surface area contributed by atoms with Crippen LogP contribution in [0.4, 0.5) is 0 Å². The number of aliphatic hydroxyl groups excluding tert-OH is 1. The van der Waals surface area contributed by atoms with Gasteiger partial charge in [0.25, 0.3) is 0 Å². The van der Waals surface area contributed by atoms with Crippen LogP contribution in [0.2, 0.25) is 0 Å². The molecule has 0 saturated heterocycles. The largest absolute Gasteiger partial charge is 0.394 e. The molecular weight excluding hydrogens is 142 g/mol. The van der Waals surface area contributed by atoms with Crippen molar-refractivity contribution in [2.75, 3.05) is 33.4 Å². The first-order valence-corrected chi connectivity index (χ1v) is 4.25. The van der Waals surface area contributed by atoms with Gasteiger partial charge in [-0.15, -0.1) is 0 Å². The monoisotopic (exact) mass is 163 g/mol. The quantitative estimate of drug-likeness (QED) is 0.564. The lowest BCUT2D eigenvalue weighted by Crippen LogP contribution is -2.11. The van der Waals surface area contributed by atoms with Crippen molar-refractivity contribution in [3.63, 3.8) is 0 Å². The van der Waals surface area contributed by atoms with Crippen molar-refractivity contribution in [2.45, 2.75) is 20.3 Å². The van der Waals surface area contributed by atoms with Gasteiger partial charge in [-0.2, -0.15) is 0 Å². The van der Waals surface area contributed by atoms with Gasteiger partial charge in [-0.1, -0.05) is 13.8 Å². The number of aliphatic hydroxyl groups is 1. The summed E-state index contributed by atoms with van der Waals surface area (Å²) in [6.07, 6.45) is 1.01. The number of hydrogen-bond acceptors (Lipinski definition) is 3. The van der Waals surface area contributed by atoms with E-state index in [9.17, 15) is 0 Å². The minimum Gasteiger partial charge on any atom is -0.394 e. The van der Waals surface area contributed by atoms with Crippen molar-refractivity contribution in [3.8, 4) is 0 Å². The molecule has 0 aliphatic heterocycles. The number of ether oxygens (including phenoxy) is 1. The Balaban J connectivity index is 0. The summed E-state index contributed by atoms with van der Waals surface area (Å²) < 4.78 is 4.99. The molecule has 3 nitrogen and oxygen atoms in total. The lowest BCUT2D eigenvalue weighted by Gasteiger charge is -1.99. The fraction of sp³-hybridized carbons (Fsp3) is 1.00. The summed E-state index contributed by atoms with van der Waals surface area (Å²) in [5, 5.41) is 11.3. The summed E-state index contributed by atoms with van der Waals surface area (Å²) in [5.74, 6) is 0. The highest BCUT2D eigenvalue weighted by atomic mass is 16.5. The van der Waals surface area contributed by atoms with E-state index >= 15 is 0 Å². The van der Waals surface area contributed by atoms with Gasteiger partial charge in [0.2, 0.25) is 0 Å². The molecule has 0 amide bonds. The molecule has 70 valence electrons. The maximum absolute atomic E-state index is 8.28. The minimum atomic E-state index is 0.125. The Morgan fingerprint density at radius 1 is 1.27 bits per heavy atom. The lowest BCUT2D eigenvalue weighted by molar-refractivity contribution is 0.0910. The van der Waals surface area contributed by atoms with E-state index in [2.05, 4.69) is 5.32 Å². The molecule has 0 fully saturated rings. The number of rotatable bonds is 6. The fourth-order valence-electron chi connectivity index (χ4n) is 0.518. The summed E-state index contributed by atoms with van der Waals surface area (Å²) in [6, 6.07) is 0. The van der Waals surface area contributed by atoms with Crippen LogP contribution >= 0.6 is 0 Å². The standard InChI is InChI=1S/C6H15NO2.C2H6/c1-7-3-2-5-9-6-4-8;1-2/h7-8H,2-6H2,1H3;1-2H3. The molecule has 2 N–H and O–H groups in total. The Bertz CT molecular complexity index is 45.4. The van der Waals surface area contributed by atoms with Gasteiger partial charge < -0.3 is 15.2 Å². The third-order valence-corrected chi connectivity index (χ3v) is 0.951. The average Bonchev–Trinajstić information content (AvgIpc) is 2.08. The zero-order valence-corrected chi connectivity index (χ0v) is 7.89. The predicted octanol–water partition coefficient (Wildman–Crippen LogP) is 0.631. The molecule has 0 radical (unpaired) electrons. The Labute approximate surface area is 69.8 Å². The zero-order chi connectivity index (χ0) is 8.95. The van der Waals surface area contributed by atoms with Crippen molar-refractivity contribution in [1.29, 1.82) is 0 Å². The van der Waals surface area contributed by atoms with Gasteiger partial charge in [-0.05, 0) is 20.0 Å². The van der Waals surface area contributed by atoms with E-state index in [-0.39, 0.29) is 6.61 Å². The minimum absolute atomic E-state index is 0.125. The predicted molar refractivity (Wildman–Crippen MR) is 47.8 cm³/mol. The number of nitrogens with one attached hydrogen (secondary N) is 1. The van der Waals surface area contributed by atoms with Crippen LogP contribution in [-0.2, 0) is 4.74 Å². The highest BCUT2D eigenvalue weighted by Crippen LogP contribution is 1.78. The van der Waals surface area contributed by atoms with Crippen molar-refractivity contribution in [1.82, 2.24) is 5.32 Å². The molecule has 0 rings (SSSR count). The molecular formula is C8H21NO2. The molecule has 0 aliphatic carbocycles. The van der Waals surface area contributed by atoms with Gasteiger partial charge in [-0.3, -0.25) is 0 Å². The van der Waals surface area contributed by atoms with Crippen LogP contribution in [0.25, 0.3) is 0 Å². The Morgan fingerprint density at radius 3 is 2.36 bits per heavy atom. The van der Waals surface area contributed by atoms with Gasteiger partial charge in [0, 0.05) is 6.61 Å². The van der Waals surface area contributed by atoms with E-state index in [1.165, 1.54) is 0 Å². The maximum Gasteiger partial charge on any atom is 0.0697 e. The molecule has 0 aromatic heterocycles. The number of hydrogen-bond donors (Lipinski definition) is 2. The first-order valence-electron chi connectivity index (χ1n) is 4.25. The van der Waals surface area contributed by atoms with E-state index < -0.39 is 0 Å². The van der Waals surface area contributed by atoms with Crippen molar-refractivity contribution >= 4 is 0 Å². The Kier molecular flexibility index (Phi) is 20.2. The van der Waals surface area contributed by atoms with Crippen molar-refractivity contribution in [3.05, 3.63) is 0 Å². The fourth-order valence-corrected chi connectivity index (χ4v) is 0.518. The zero-order valence-electron chi connectivity index (χ0n) is 7.89. The summed E-state index contributed by atoms with van der Waals surface area (Å²) in [5.41, 5.74) is 0. The van der Waals surface area contributed by atoms with Crippen LogP contribution in [0, 0.1) is 0 Å². The maximum atomic E-state index is 8.28. The third-order valence-electron chi connectivity index (χ3n) is 0.951. The summed E-state index contributed by atoms with van der Waals surface area (Å²) in [7, 11) is 1.91. The lowest BCUT2D eigenvalue weighted by atomic mass is 10.4. The third kappa shape index (κ3) is 17.7. The van der Waals surface area contributed by atoms with Crippen LogP contribution in [0.3, 0.4) is 0 Å². The molecule has 0 atom stereocenters. The van der Waals surface area contributed by atoms with Crippen LogP contribution in [0.1, 0.15) is 20.3 Å². The van der Waals surface area contributed by atoms with Gasteiger partial charge in [0.15, 0.2) is 0 Å². The molecule has 0 spiro atoms. The van der Waals surface area contributed by atoms with E-state index in [1.807, 2.05) is 20.9 Å². The summed E-state index contributed by atoms with van der Waals surface area (Å²) in [6.45, 7) is 6.30. The van der Waals surface area contributed by atoms with Crippen LogP contribution < -0.4 is 5.32 Å². The second-order valence-corrected chi connectivity index (χ2v) is 1.79. The molecule has 0 heterocycles. The average molecular weight is 163 g/mol. The topological polar surface area (TPSA) is 41.5 Å². The van der Waals surface area contributed by atoms with Gasteiger partial charge in [-0.25, -0.2) is 0 Å². The molecule has 11 heavy (non-hydrogen) atoms. The van der Waals surface area contributed by atoms with E-state index in [0.717, 1.165) is 19.6 Å². The van der Waals surface area contributed by atoms with E-state index in [1.54, 1.807) is 0 Å². The molecule has 0 bridgehead atoms. The molecule has 0 aromatic rings. The molecule has 0 unspecified atom stereocenters. The van der Waals surface area contributed by atoms with Gasteiger partial charge in [0.05, 0.1) is 13.2 Å². The smallest absolute Gasteiger partial charge is 0.0697 e. The Morgan fingerprint density at radius 2 is 1.91 bits per heavy atom. The second kappa shape index (κ2) is 16.5.